The number of ether oxygens (including phenoxy) is 1. The second-order valence-corrected chi connectivity index (χ2v) is 4.35. The smallest absolute Gasteiger partial charge is 0.404 e. The third-order valence-electron chi connectivity index (χ3n) is 2.99. The van der Waals surface area contributed by atoms with E-state index in [-0.39, 0.29) is 24.3 Å². The number of nitrogens with zero attached hydrogens (tertiary/aromatic N) is 1. The average Bonchev–Trinajstić information content (AvgIpc) is 2.28. The number of nitrogens with two attached hydrogens (primary N) is 2. The van der Waals surface area contributed by atoms with Crippen LogP contribution in [0.15, 0.2) is 18.2 Å². The molecule has 1 unspecified atom stereocenters. The maximum Gasteiger partial charge on any atom is 0.404 e. The largest absolute Gasteiger partial charge is 0.445 e. The number of hydrogen-bond donors (Lipinski definition) is 2. The van der Waals surface area contributed by atoms with Crippen molar-refractivity contribution < 1.29 is 13.9 Å². The minimum Gasteiger partial charge on any atom is -0.445 e. The van der Waals surface area contributed by atoms with Crippen molar-refractivity contribution in [2.75, 3.05) is 23.7 Å². The van der Waals surface area contributed by atoms with Gasteiger partial charge in [-0.3, -0.25) is 0 Å². The summed E-state index contributed by atoms with van der Waals surface area (Å²) in [4.78, 5) is 12.7. The predicted molar refractivity (Wildman–Crippen MR) is 74.0 cm³/mol. The van der Waals surface area contributed by atoms with E-state index in [0.717, 1.165) is 25.1 Å². The quantitative estimate of drug-likeness (QED) is 0.815. The lowest BCUT2D eigenvalue weighted by Gasteiger charge is -2.34. The Morgan fingerprint density at radius 3 is 2.84 bits per heavy atom. The average molecular weight is 290 g/mol. The van der Waals surface area contributed by atoms with E-state index in [1.54, 1.807) is 6.07 Å². The Morgan fingerprint density at radius 1 is 1.47 bits per heavy atom. The molecule has 2 rings (SSSR count). The van der Waals surface area contributed by atoms with Crippen LogP contribution in [0.4, 0.5) is 20.6 Å². The lowest BCUT2D eigenvalue weighted by molar-refractivity contribution is 0.0966. The van der Waals surface area contributed by atoms with E-state index in [4.69, 9.17) is 16.2 Å². The maximum atomic E-state index is 13.0. The summed E-state index contributed by atoms with van der Waals surface area (Å²) in [6.45, 7) is 1.33. The summed E-state index contributed by atoms with van der Waals surface area (Å²) >= 11 is 0. The molecule has 7 heteroatoms. The molecule has 0 saturated carbocycles. The van der Waals surface area contributed by atoms with Crippen molar-refractivity contribution in [1.29, 1.82) is 0 Å². The molecule has 1 aliphatic heterocycles. The van der Waals surface area contributed by atoms with Gasteiger partial charge in [0.25, 0.3) is 0 Å². The molecule has 1 atom stereocenters. The van der Waals surface area contributed by atoms with Gasteiger partial charge in [-0.15, -0.1) is 12.4 Å². The highest BCUT2D eigenvalue weighted by atomic mass is 35.5. The molecular formula is C12H17ClFN3O2. The highest BCUT2D eigenvalue weighted by Crippen LogP contribution is 2.27. The summed E-state index contributed by atoms with van der Waals surface area (Å²) in [5.74, 6) is -0.363. The van der Waals surface area contributed by atoms with Crippen LogP contribution in [0.5, 0.6) is 0 Å². The minimum absolute atomic E-state index is 0. The number of halogens is 2. The van der Waals surface area contributed by atoms with Crippen molar-refractivity contribution in [2.45, 2.75) is 18.9 Å². The fraction of sp³-hybridized carbons (Fsp3) is 0.417. The van der Waals surface area contributed by atoms with Crippen LogP contribution in [-0.4, -0.2) is 25.3 Å². The first-order valence-electron chi connectivity index (χ1n) is 5.82. The van der Waals surface area contributed by atoms with E-state index < -0.39 is 6.09 Å². The molecule has 106 valence electrons. The van der Waals surface area contributed by atoms with Gasteiger partial charge in [-0.25, -0.2) is 9.18 Å². The molecule has 4 N–H and O–H groups in total. The van der Waals surface area contributed by atoms with E-state index in [0.29, 0.717) is 12.2 Å². The SMILES string of the molecule is Cl.NC(=O)OC1CCCN(c2ccc(F)cc2N)C1. The number of piperidine rings is 1. The Bertz CT molecular complexity index is 459. The van der Waals surface area contributed by atoms with Gasteiger partial charge >= 0.3 is 6.09 Å². The van der Waals surface area contributed by atoms with Gasteiger partial charge < -0.3 is 21.1 Å². The van der Waals surface area contributed by atoms with Gasteiger partial charge in [0.05, 0.1) is 17.9 Å². The summed E-state index contributed by atoms with van der Waals surface area (Å²) in [6.07, 6.45) is 0.643. The first-order valence-corrected chi connectivity index (χ1v) is 5.82. The summed E-state index contributed by atoms with van der Waals surface area (Å²) in [7, 11) is 0. The highest BCUT2D eigenvalue weighted by molar-refractivity contribution is 5.85. The number of carbonyl (C=O) groups is 1. The monoisotopic (exact) mass is 289 g/mol. The maximum absolute atomic E-state index is 13.0. The minimum atomic E-state index is -0.770. The summed E-state index contributed by atoms with van der Waals surface area (Å²) in [5.41, 5.74) is 11.9. The van der Waals surface area contributed by atoms with Crippen LogP contribution >= 0.6 is 12.4 Å². The first kappa shape index (κ1) is 15.4. The van der Waals surface area contributed by atoms with Crippen LogP contribution in [0.3, 0.4) is 0 Å². The molecule has 5 nitrogen and oxygen atoms in total. The fourth-order valence-electron chi connectivity index (χ4n) is 2.23. The van der Waals surface area contributed by atoms with Gasteiger partial charge in [-0.2, -0.15) is 0 Å². The first-order chi connectivity index (χ1) is 8.56. The van der Waals surface area contributed by atoms with Gasteiger partial charge in [0.2, 0.25) is 0 Å². The second kappa shape index (κ2) is 6.47. The van der Waals surface area contributed by atoms with Crippen LogP contribution in [-0.2, 0) is 4.74 Å². The number of nitrogen functional groups attached to an aromatic ring is 1. The third-order valence-corrected chi connectivity index (χ3v) is 2.99. The van der Waals surface area contributed by atoms with E-state index in [2.05, 4.69) is 0 Å². The molecule has 0 radical (unpaired) electrons. The molecule has 0 aliphatic carbocycles. The molecule has 1 aromatic rings. The fourth-order valence-corrected chi connectivity index (χ4v) is 2.23. The molecular weight excluding hydrogens is 273 g/mol. The molecule has 1 aromatic carbocycles. The standard InChI is InChI=1S/C12H16FN3O2.ClH/c13-8-3-4-11(10(14)6-8)16-5-1-2-9(7-16)18-12(15)17;/h3-4,6,9H,1-2,5,7,14H2,(H2,15,17);1H. The molecule has 0 bridgehead atoms. The van der Waals surface area contributed by atoms with Crippen molar-refractivity contribution >= 4 is 29.9 Å². The molecule has 1 aliphatic rings. The Hall–Kier alpha value is -1.69. The lowest BCUT2D eigenvalue weighted by Crippen LogP contribution is -2.41. The molecule has 1 fully saturated rings. The van der Waals surface area contributed by atoms with Gasteiger partial charge in [-0.1, -0.05) is 0 Å². The Balaban J connectivity index is 0.00000180. The Morgan fingerprint density at radius 2 is 2.21 bits per heavy atom. The highest BCUT2D eigenvalue weighted by Gasteiger charge is 2.23. The summed E-state index contributed by atoms with van der Waals surface area (Å²) in [6, 6.07) is 4.29. The van der Waals surface area contributed by atoms with Gasteiger partial charge in [0.15, 0.2) is 0 Å². The zero-order chi connectivity index (χ0) is 13.1. The molecule has 19 heavy (non-hydrogen) atoms. The summed E-state index contributed by atoms with van der Waals surface area (Å²) in [5, 5.41) is 0. The number of rotatable bonds is 2. The molecule has 1 amide bonds. The predicted octanol–water partition coefficient (Wildman–Crippen LogP) is 1.89. The van der Waals surface area contributed by atoms with E-state index >= 15 is 0 Å². The lowest BCUT2D eigenvalue weighted by atomic mass is 10.1. The van der Waals surface area contributed by atoms with Crippen LogP contribution < -0.4 is 16.4 Å². The number of amides is 1. The third kappa shape index (κ3) is 3.89. The van der Waals surface area contributed by atoms with E-state index in [9.17, 15) is 9.18 Å². The van der Waals surface area contributed by atoms with Gasteiger partial charge in [0, 0.05) is 6.54 Å². The topological polar surface area (TPSA) is 81.6 Å². The second-order valence-electron chi connectivity index (χ2n) is 4.35. The zero-order valence-corrected chi connectivity index (χ0v) is 11.2. The van der Waals surface area contributed by atoms with Crippen LogP contribution in [0.1, 0.15) is 12.8 Å². The Labute approximate surface area is 117 Å². The molecule has 1 saturated heterocycles. The van der Waals surface area contributed by atoms with Crippen molar-refractivity contribution in [2.24, 2.45) is 5.73 Å². The van der Waals surface area contributed by atoms with Crippen molar-refractivity contribution in [3.05, 3.63) is 24.0 Å². The number of carbonyl (C=O) groups excluding carboxylic acids is 1. The van der Waals surface area contributed by atoms with E-state index in [1.165, 1.54) is 12.1 Å². The van der Waals surface area contributed by atoms with E-state index in [1.807, 2.05) is 4.90 Å². The van der Waals surface area contributed by atoms with Crippen molar-refractivity contribution in [1.82, 2.24) is 0 Å². The number of benzene rings is 1. The molecule has 0 aromatic heterocycles. The van der Waals surface area contributed by atoms with Crippen LogP contribution in [0.2, 0.25) is 0 Å². The molecule has 0 spiro atoms. The van der Waals surface area contributed by atoms with Crippen LogP contribution in [0, 0.1) is 5.82 Å². The Kier molecular flexibility index (Phi) is 5.23. The van der Waals surface area contributed by atoms with Crippen LogP contribution in [0.25, 0.3) is 0 Å². The normalized spacial score (nSPS) is 18.6. The number of primary amides is 1. The van der Waals surface area contributed by atoms with Gasteiger partial charge in [-0.05, 0) is 31.0 Å². The number of anilines is 2. The summed E-state index contributed by atoms with van der Waals surface area (Å²) < 4.78 is 18.0. The zero-order valence-electron chi connectivity index (χ0n) is 10.3. The van der Waals surface area contributed by atoms with Crippen molar-refractivity contribution in [3.63, 3.8) is 0 Å². The molecule has 1 heterocycles. The van der Waals surface area contributed by atoms with Gasteiger partial charge in [0.1, 0.15) is 11.9 Å². The van der Waals surface area contributed by atoms with Crippen molar-refractivity contribution in [3.8, 4) is 0 Å². The number of hydrogen-bond acceptors (Lipinski definition) is 4.